The fraction of sp³-hybridized carbons (Fsp3) is 0.231. The lowest BCUT2D eigenvalue weighted by molar-refractivity contribution is -0.119. The minimum Gasteiger partial charge on any atom is -0.490 e. The zero-order valence-corrected chi connectivity index (χ0v) is 21.8. The van der Waals surface area contributed by atoms with Crippen LogP contribution < -0.4 is 19.2 Å². The maximum atomic E-state index is 12.5. The van der Waals surface area contributed by atoms with Gasteiger partial charge in [-0.05, 0) is 60.9 Å². The van der Waals surface area contributed by atoms with E-state index in [9.17, 15) is 13.2 Å². The predicted molar refractivity (Wildman–Crippen MR) is 143 cm³/mol. The fourth-order valence-corrected chi connectivity index (χ4v) is 4.40. The van der Waals surface area contributed by atoms with Crippen LogP contribution >= 0.6 is 11.6 Å². The SMILES string of the molecule is CCOc1cc(/C=N\NC(=O)CN(c2cccc(Cl)c2C)S(C)(=O)=O)ccc1OCc1ccccc1. The number of amides is 1. The Bertz CT molecular complexity index is 1330. The maximum absolute atomic E-state index is 12.5. The molecule has 0 spiro atoms. The highest BCUT2D eigenvalue weighted by Crippen LogP contribution is 2.29. The molecule has 0 aliphatic heterocycles. The number of sulfonamides is 1. The van der Waals surface area contributed by atoms with E-state index in [0.29, 0.717) is 46.5 Å². The van der Waals surface area contributed by atoms with Crippen molar-refractivity contribution >= 4 is 39.4 Å². The van der Waals surface area contributed by atoms with E-state index in [1.807, 2.05) is 37.3 Å². The molecule has 1 amide bonds. The molecule has 3 aromatic rings. The standard InChI is InChI=1S/C26H28ClN3O5S/c1-4-34-25-15-21(13-14-24(25)35-18-20-9-6-5-7-10-20)16-28-29-26(31)17-30(36(3,32)33)23-12-8-11-22(27)19(23)2/h5-16H,4,17-18H2,1-3H3,(H,29,31)/b28-16-. The first-order valence-corrected chi connectivity index (χ1v) is 13.4. The number of nitrogens with zero attached hydrogens (tertiary/aromatic N) is 2. The number of hydrogen-bond donors (Lipinski definition) is 1. The third kappa shape index (κ3) is 7.47. The van der Waals surface area contributed by atoms with Crippen LogP contribution in [0.25, 0.3) is 0 Å². The first kappa shape index (κ1) is 27.0. The van der Waals surface area contributed by atoms with E-state index in [0.717, 1.165) is 16.1 Å². The second kappa shape index (κ2) is 12.4. The number of carbonyl (C=O) groups excluding carboxylic acids is 1. The summed E-state index contributed by atoms with van der Waals surface area (Å²) in [6, 6.07) is 19.9. The number of ether oxygens (including phenoxy) is 2. The van der Waals surface area contributed by atoms with Crippen molar-refractivity contribution in [3.05, 3.63) is 88.4 Å². The van der Waals surface area contributed by atoms with Crippen molar-refractivity contribution in [2.45, 2.75) is 20.5 Å². The molecule has 190 valence electrons. The molecule has 10 heteroatoms. The van der Waals surface area contributed by atoms with Gasteiger partial charge in [-0.25, -0.2) is 13.8 Å². The molecule has 0 saturated heterocycles. The third-order valence-corrected chi connectivity index (χ3v) is 6.64. The van der Waals surface area contributed by atoms with Gasteiger partial charge in [0.25, 0.3) is 5.91 Å². The van der Waals surface area contributed by atoms with Crippen LogP contribution in [-0.4, -0.2) is 39.9 Å². The molecule has 3 aromatic carbocycles. The highest BCUT2D eigenvalue weighted by molar-refractivity contribution is 7.92. The number of nitrogens with one attached hydrogen (secondary N) is 1. The number of benzene rings is 3. The minimum atomic E-state index is -3.74. The summed E-state index contributed by atoms with van der Waals surface area (Å²) in [5.74, 6) is 0.523. The fourth-order valence-electron chi connectivity index (χ4n) is 3.32. The first-order valence-electron chi connectivity index (χ1n) is 11.2. The minimum absolute atomic E-state index is 0.330. The molecule has 1 N–H and O–H groups in total. The summed E-state index contributed by atoms with van der Waals surface area (Å²) >= 11 is 6.13. The zero-order valence-electron chi connectivity index (χ0n) is 20.3. The Morgan fingerprint density at radius 3 is 2.50 bits per heavy atom. The van der Waals surface area contributed by atoms with Crippen LogP contribution in [-0.2, 0) is 21.4 Å². The maximum Gasteiger partial charge on any atom is 0.260 e. The number of rotatable bonds is 11. The van der Waals surface area contributed by atoms with E-state index in [2.05, 4.69) is 10.5 Å². The van der Waals surface area contributed by atoms with Crippen LogP contribution in [0, 0.1) is 6.92 Å². The van der Waals surface area contributed by atoms with Crippen molar-refractivity contribution in [1.29, 1.82) is 0 Å². The first-order chi connectivity index (χ1) is 17.2. The smallest absolute Gasteiger partial charge is 0.260 e. The van der Waals surface area contributed by atoms with Crippen LogP contribution in [0.1, 0.15) is 23.6 Å². The van der Waals surface area contributed by atoms with Crippen LogP contribution in [0.4, 0.5) is 5.69 Å². The Kier molecular flexibility index (Phi) is 9.32. The molecular weight excluding hydrogens is 502 g/mol. The number of carbonyl (C=O) groups is 1. The Morgan fingerprint density at radius 2 is 1.81 bits per heavy atom. The molecule has 0 heterocycles. The Balaban J connectivity index is 1.67. The quantitative estimate of drug-likeness (QED) is 0.290. The van der Waals surface area contributed by atoms with Gasteiger partial charge in [-0.3, -0.25) is 9.10 Å². The van der Waals surface area contributed by atoms with Gasteiger partial charge in [0.05, 0.1) is 24.8 Å². The van der Waals surface area contributed by atoms with Crippen LogP contribution in [0.3, 0.4) is 0 Å². The summed E-state index contributed by atoms with van der Waals surface area (Å²) in [6.07, 6.45) is 2.47. The zero-order chi connectivity index (χ0) is 26.1. The van der Waals surface area contributed by atoms with Crippen molar-refractivity contribution in [2.75, 3.05) is 23.7 Å². The second-order valence-corrected chi connectivity index (χ2v) is 10.2. The molecule has 0 aromatic heterocycles. The van der Waals surface area contributed by atoms with Crippen molar-refractivity contribution in [3.8, 4) is 11.5 Å². The number of halogens is 1. The Morgan fingerprint density at radius 1 is 1.06 bits per heavy atom. The number of anilines is 1. The monoisotopic (exact) mass is 529 g/mol. The second-order valence-electron chi connectivity index (χ2n) is 7.86. The molecule has 0 atom stereocenters. The van der Waals surface area contributed by atoms with Gasteiger partial charge in [0.1, 0.15) is 13.2 Å². The molecule has 0 fully saturated rings. The lowest BCUT2D eigenvalue weighted by Gasteiger charge is -2.23. The van der Waals surface area contributed by atoms with Gasteiger partial charge in [0, 0.05) is 5.02 Å². The van der Waals surface area contributed by atoms with Crippen LogP contribution in [0.2, 0.25) is 5.02 Å². The van der Waals surface area contributed by atoms with Crippen molar-refractivity contribution < 1.29 is 22.7 Å². The molecule has 36 heavy (non-hydrogen) atoms. The Hall–Kier alpha value is -3.56. The summed E-state index contributed by atoms with van der Waals surface area (Å²) in [5.41, 5.74) is 4.95. The van der Waals surface area contributed by atoms with Gasteiger partial charge in [0.15, 0.2) is 11.5 Å². The largest absolute Gasteiger partial charge is 0.490 e. The third-order valence-electron chi connectivity index (χ3n) is 5.10. The van der Waals surface area contributed by atoms with E-state index < -0.39 is 22.5 Å². The van der Waals surface area contributed by atoms with Crippen molar-refractivity contribution in [1.82, 2.24) is 5.43 Å². The van der Waals surface area contributed by atoms with Gasteiger partial charge in [-0.2, -0.15) is 5.10 Å². The van der Waals surface area contributed by atoms with Crippen LogP contribution in [0.15, 0.2) is 71.8 Å². The predicted octanol–water partition coefficient (Wildman–Crippen LogP) is 4.54. The lowest BCUT2D eigenvalue weighted by atomic mass is 10.2. The summed E-state index contributed by atoms with van der Waals surface area (Å²) < 4.78 is 37.3. The van der Waals surface area contributed by atoms with Crippen LogP contribution in [0.5, 0.6) is 11.5 Å². The molecule has 0 unspecified atom stereocenters. The van der Waals surface area contributed by atoms with E-state index in [1.165, 1.54) is 6.21 Å². The molecule has 0 saturated carbocycles. The molecule has 0 aliphatic carbocycles. The molecule has 0 aliphatic rings. The summed E-state index contributed by atoms with van der Waals surface area (Å²) in [4.78, 5) is 12.5. The average Bonchev–Trinajstić information content (AvgIpc) is 2.84. The summed E-state index contributed by atoms with van der Waals surface area (Å²) in [7, 11) is -3.74. The van der Waals surface area contributed by atoms with Gasteiger partial charge >= 0.3 is 0 Å². The van der Waals surface area contributed by atoms with Gasteiger partial charge in [0.2, 0.25) is 10.0 Å². The Labute approximate surface area is 216 Å². The van der Waals surface area contributed by atoms with Gasteiger partial charge < -0.3 is 9.47 Å². The molecule has 0 radical (unpaired) electrons. The topological polar surface area (TPSA) is 97.3 Å². The van der Waals surface area contributed by atoms with Gasteiger partial charge in [-0.1, -0.05) is 48.0 Å². The van der Waals surface area contributed by atoms with Gasteiger partial charge in [-0.15, -0.1) is 0 Å². The molecule has 0 bridgehead atoms. The summed E-state index contributed by atoms with van der Waals surface area (Å²) in [5, 5.41) is 4.37. The van der Waals surface area contributed by atoms with E-state index >= 15 is 0 Å². The summed E-state index contributed by atoms with van der Waals surface area (Å²) in [6.45, 7) is 3.96. The highest BCUT2D eigenvalue weighted by atomic mass is 35.5. The number of hydrogen-bond acceptors (Lipinski definition) is 6. The lowest BCUT2D eigenvalue weighted by Crippen LogP contribution is -2.39. The van der Waals surface area contributed by atoms with E-state index in [-0.39, 0.29) is 0 Å². The normalized spacial score (nSPS) is 11.3. The van der Waals surface area contributed by atoms with E-state index in [4.69, 9.17) is 21.1 Å². The molecule has 8 nitrogen and oxygen atoms in total. The molecular formula is C26H28ClN3O5S. The van der Waals surface area contributed by atoms with E-state index in [1.54, 1.807) is 43.3 Å². The average molecular weight is 530 g/mol. The van der Waals surface area contributed by atoms with Crippen molar-refractivity contribution in [2.24, 2.45) is 5.10 Å². The molecule has 3 rings (SSSR count). The number of hydrazone groups is 1. The highest BCUT2D eigenvalue weighted by Gasteiger charge is 2.23. The van der Waals surface area contributed by atoms with Crippen molar-refractivity contribution in [3.63, 3.8) is 0 Å².